The highest BCUT2D eigenvalue weighted by Gasteiger charge is 2.13. The maximum atomic E-state index is 12.2. The van der Waals surface area contributed by atoms with Crippen molar-refractivity contribution in [2.45, 2.75) is 26.7 Å². The van der Waals surface area contributed by atoms with Crippen LogP contribution in [0.4, 0.5) is 0 Å². The van der Waals surface area contributed by atoms with Crippen LogP contribution in [0.1, 0.15) is 33.5 Å². The summed E-state index contributed by atoms with van der Waals surface area (Å²) in [4.78, 5) is 24.1. The fourth-order valence-corrected chi connectivity index (χ4v) is 2.65. The van der Waals surface area contributed by atoms with Crippen LogP contribution in [0.25, 0.3) is 0 Å². The average molecular weight is 361 g/mol. The molecular weight excluding hydrogens is 340 g/mol. The van der Waals surface area contributed by atoms with Gasteiger partial charge in [0.15, 0.2) is 0 Å². The lowest BCUT2D eigenvalue weighted by atomic mass is 10.0. The second kappa shape index (κ2) is 8.53. The van der Waals surface area contributed by atoms with Gasteiger partial charge in [0.1, 0.15) is 5.75 Å². The first-order chi connectivity index (χ1) is 11.9. The van der Waals surface area contributed by atoms with Gasteiger partial charge in [-0.05, 0) is 49.6 Å². The first kappa shape index (κ1) is 18.8. The number of amides is 2. The summed E-state index contributed by atoms with van der Waals surface area (Å²) in [6.45, 7) is 4.05. The summed E-state index contributed by atoms with van der Waals surface area (Å²) < 4.78 is 5.12. The monoisotopic (exact) mass is 360 g/mol. The molecule has 0 saturated heterocycles. The number of ether oxygens (including phenoxy) is 1. The number of methoxy groups -OCH3 is 1. The number of hydrogen-bond donors (Lipinski definition) is 2. The van der Waals surface area contributed by atoms with Gasteiger partial charge >= 0.3 is 0 Å². The Morgan fingerprint density at radius 2 is 1.84 bits per heavy atom. The molecule has 0 aliphatic carbocycles. The predicted octanol–water partition coefficient (Wildman–Crippen LogP) is 3.36. The Balaban J connectivity index is 1.88. The van der Waals surface area contributed by atoms with Gasteiger partial charge in [-0.3, -0.25) is 20.4 Å². The number of halogens is 1. The zero-order chi connectivity index (χ0) is 18.4. The molecule has 0 aliphatic rings. The maximum Gasteiger partial charge on any atom is 0.273 e. The van der Waals surface area contributed by atoms with Gasteiger partial charge in [0, 0.05) is 11.4 Å². The normalized spacial score (nSPS) is 10.2. The topological polar surface area (TPSA) is 67.4 Å². The standard InChI is InChI=1S/C19H21ClN2O3/c1-12-4-5-14(13(2)10-12)6-9-18(23)21-22-19(24)16-8-7-15(20)11-17(16)25-3/h4-5,7-8,10-11H,6,9H2,1-3H3,(H,21,23)(H,22,24). The minimum absolute atomic E-state index is 0.263. The number of nitrogens with one attached hydrogen (secondary N) is 2. The van der Waals surface area contributed by atoms with Gasteiger partial charge in [-0.15, -0.1) is 0 Å². The van der Waals surface area contributed by atoms with Gasteiger partial charge in [-0.2, -0.15) is 0 Å². The van der Waals surface area contributed by atoms with Gasteiger partial charge < -0.3 is 4.74 Å². The fraction of sp³-hybridized carbons (Fsp3) is 0.263. The molecule has 0 aromatic heterocycles. The smallest absolute Gasteiger partial charge is 0.273 e. The second-order valence-corrected chi connectivity index (χ2v) is 6.21. The molecule has 2 rings (SSSR count). The largest absolute Gasteiger partial charge is 0.496 e. The number of hydrogen-bond acceptors (Lipinski definition) is 3. The summed E-state index contributed by atoms with van der Waals surface area (Å²) >= 11 is 5.87. The fourth-order valence-electron chi connectivity index (χ4n) is 2.48. The molecule has 2 N–H and O–H groups in total. The molecule has 6 heteroatoms. The molecule has 0 radical (unpaired) electrons. The van der Waals surface area contributed by atoms with Crippen molar-refractivity contribution >= 4 is 23.4 Å². The molecule has 0 unspecified atom stereocenters. The van der Waals surface area contributed by atoms with Crippen LogP contribution in [0.5, 0.6) is 5.75 Å². The summed E-state index contributed by atoms with van der Waals surface area (Å²) in [5.74, 6) is -0.385. The SMILES string of the molecule is COc1cc(Cl)ccc1C(=O)NNC(=O)CCc1ccc(C)cc1C. The van der Waals surface area contributed by atoms with Gasteiger partial charge in [-0.1, -0.05) is 35.4 Å². The third kappa shape index (κ3) is 5.22. The highest BCUT2D eigenvalue weighted by atomic mass is 35.5. The Bertz CT molecular complexity index is 790. The van der Waals surface area contributed by atoms with E-state index in [9.17, 15) is 9.59 Å². The molecule has 0 atom stereocenters. The van der Waals surface area contributed by atoms with Crippen LogP contribution in [0.2, 0.25) is 5.02 Å². The van der Waals surface area contributed by atoms with Gasteiger partial charge in [-0.25, -0.2) is 0 Å². The van der Waals surface area contributed by atoms with Gasteiger partial charge in [0.25, 0.3) is 5.91 Å². The third-order valence-electron chi connectivity index (χ3n) is 3.84. The lowest BCUT2D eigenvalue weighted by Crippen LogP contribution is -2.41. The molecule has 25 heavy (non-hydrogen) atoms. The van der Waals surface area contributed by atoms with Gasteiger partial charge in [0.05, 0.1) is 12.7 Å². The third-order valence-corrected chi connectivity index (χ3v) is 4.08. The first-order valence-electron chi connectivity index (χ1n) is 7.89. The van der Waals surface area contributed by atoms with Crippen LogP contribution in [0.3, 0.4) is 0 Å². The summed E-state index contributed by atoms with van der Waals surface area (Å²) in [6.07, 6.45) is 0.889. The lowest BCUT2D eigenvalue weighted by Gasteiger charge is -2.11. The maximum absolute atomic E-state index is 12.2. The second-order valence-electron chi connectivity index (χ2n) is 5.78. The van der Waals surface area contributed by atoms with E-state index in [1.807, 2.05) is 26.0 Å². The molecule has 0 bridgehead atoms. The van der Waals surface area contributed by atoms with Crippen molar-refractivity contribution in [1.29, 1.82) is 0 Å². The molecule has 2 amide bonds. The van der Waals surface area contributed by atoms with E-state index in [2.05, 4.69) is 16.9 Å². The molecule has 0 saturated carbocycles. The number of aryl methyl sites for hydroxylation is 3. The molecule has 0 fully saturated rings. The van der Waals surface area contributed by atoms with Crippen LogP contribution in [-0.2, 0) is 11.2 Å². The Morgan fingerprint density at radius 1 is 1.08 bits per heavy atom. The Hall–Kier alpha value is -2.53. The lowest BCUT2D eigenvalue weighted by molar-refractivity contribution is -0.121. The molecule has 0 aliphatic heterocycles. The number of hydrazine groups is 1. The van der Waals surface area contributed by atoms with Crippen LogP contribution in [0, 0.1) is 13.8 Å². The van der Waals surface area contributed by atoms with Crippen molar-refractivity contribution in [2.75, 3.05) is 7.11 Å². The van der Waals surface area contributed by atoms with Gasteiger partial charge in [0.2, 0.25) is 5.91 Å². The Morgan fingerprint density at radius 3 is 2.52 bits per heavy atom. The average Bonchev–Trinajstić information content (AvgIpc) is 2.58. The van der Waals surface area contributed by atoms with Crippen molar-refractivity contribution in [1.82, 2.24) is 10.9 Å². The minimum atomic E-state index is -0.464. The van der Waals surface area contributed by atoms with Crippen molar-refractivity contribution in [3.63, 3.8) is 0 Å². The van der Waals surface area contributed by atoms with E-state index in [1.54, 1.807) is 12.1 Å². The van der Waals surface area contributed by atoms with Crippen molar-refractivity contribution in [3.05, 3.63) is 63.7 Å². The molecule has 132 valence electrons. The van der Waals surface area contributed by atoms with Crippen LogP contribution >= 0.6 is 11.6 Å². The molecule has 2 aromatic carbocycles. The van der Waals surface area contributed by atoms with E-state index in [1.165, 1.54) is 18.7 Å². The van der Waals surface area contributed by atoms with E-state index in [4.69, 9.17) is 16.3 Å². The minimum Gasteiger partial charge on any atom is -0.496 e. The quantitative estimate of drug-likeness (QED) is 0.803. The number of carbonyl (C=O) groups excluding carboxylic acids is 2. The zero-order valence-corrected chi connectivity index (χ0v) is 15.2. The number of rotatable bonds is 5. The van der Waals surface area contributed by atoms with Crippen molar-refractivity contribution < 1.29 is 14.3 Å². The number of carbonyl (C=O) groups is 2. The van der Waals surface area contributed by atoms with E-state index in [-0.39, 0.29) is 12.3 Å². The van der Waals surface area contributed by atoms with E-state index in [0.29, 0.717) is 22.8 Å². The van der Waals surface area contributed by atoms with Crippen LogP contribution < -0.4 is 15.6 Å². The molecule has 0 spiro atoms. The summed E-state index contributed by atoms with van der Waals surface area (Å²) in [6, 6.07) is 10.8. The van der Waals surface area contributed by atoms with E-state index in [0.717, 1.165) is 11.1 Å². The van der Waals surface area contributed by atoms with Crippen LogP contribution in [-0.4, -0.2) is 18.9 Å². The highest BCUT2D eigenvalue weighted by molar-refractivity contribution is 6.30. The van der Waals surface area contributed by atoms with Crippen molar-refractivity contribution in [3.8, 4) is 5.75 Å². The summed E-state index contributed by atoms with van der Waals surface area (Å²) in [5.41, 5.74) is 8.57. The van der Waals surface area contributed by atoms with E-state index >= 15 is 0 Å². The summed E-state index contributed by atoms with van der Waals surface area (Å²) in [5, 5.41) is 0.464. The van der Waals surface area contributed by atoms with Crippen molar-refractivity contribution in [2.24, 2.45) is 0 Å². The number of benzene rings is 2. The zero-order valence-electron chi connectivity index (χ0n) is 14.5. The molecule has 2 aromatic rings. The van der Waals surface area contributed by atoms with Crippen LogP contribution in [0.15, 0.2) is 36.4 Å². The molecular formula is C19H21ClN2O3. The summed E-state index contributed by atoms with van der Waals surface area (Å²) in [7, 11) is 1.45. The molecule has 5 nitrogen and oxygen atoms in total. The predicted molar refractivity (Wildman–Crippen MR) is 97.8 cm³/mol. The highest BCUT2D eigenvalue weighted by Crippen LogP contribution is 2.22. The Kier molecular flexibility index (Phi) is 6.42. The first-order valence-corrected chi connectivity index (χ1v) is 8.27. The molecule has 0 heterocycles. The Labute approximate surface area is 152 Å². The van der Waals surface area contributed by atoms with E-state index < -0.39 is 5.91 Å².